The van der Waals surface area contributed by atoms with Crippen LogP contribution in [-0.4, -0.2) is 29.7 Å². The molecule has 0 aliphatic rings. The average Bonchev–Trinajstić information content (AvgIpc) is 2.37. The Morgan fingerprint density at radius 3 is 2.63 bits per heavy atom. The SMILES string of the molecule is Nc1ccc(OC(=O)OCC(=O)NS)c(C(=O)O)c1. The molecule has 0 aromatic heterocycles. The number of hydrogen-bond donors (Lipinski definition) is 4. The monoisotopic (exact) mass is 286 g/mol. The zero-order valence-corrected chi connectivity index (χ0v) is 10.3. The molecule has 0 aliphatic carbocycles. The molecule has 4 N–H and O–H groups in total. The van der Waals surface area contributed by atoms with Gasteiger partial charge in [-0.2, -0.15) is 0 Å². The van der Waals surface area contributed by atoms with Crippen molar-refractivity contribution >= 4 is 36.5 Å². The number of benzene rings is 1. The zero-order valence-electron chi connectivity index (χ0n) is 9.45. The summed E-state index contributed by atoms with van der Waals surface area (Å²) in [5.74, 6) is -2.21. The Labute approximate surface area is 113 Å². The van der Waals surface area contributed by atoms with Crippen molar-refractivity contribution in [1.29, 1.82) is 0 Å². The van der Waals surface area contributed by atoms with Gasteiger partial charge in [0.1, 0.15) is 11.3 Å². The lowest BCUT2D eigenvalue weighted by Crippen LogP contribution is -2.23. The van der Waals surface area contributed by atoms with Crippen LogP contribution in [-0.2, 0) is 9.53 Å². The van der Waals surface area contributed by atoms with Gasteiger partial charge in [0.15, 0.2) is 6.61 Å². The highest BCUT2D eigenvalue weighted by atomic mass is 32.1. The third-order valence-corrected chi connectivity index (χ3v) is 2.12. The second-order valence-electron chi connectivity index (χ2n) is 3.24. The van der Waals surface area contributed by atoms with Crippen LogP contribution in [0.1, 0.15) is 10.4 Å². The molecule has 0 radical (unpaired) electrons. The van der Waals surface area contributed by atoms with Gasteiger partial charge in [-0.15, -0.1) is 0 Å². The number of carboxylic acids is 1. The summed E-state index contributed by atoms with van der Waals surface area (Å²) in [6, 6.07) is 3.69. The maximum absolute atomic E-state index is 11.2. The molecule has 0 unspecified atom stereocenters. The summed E-state index contributed by atoms with van der Waals surface area (Å²) < 4.78 is 11.0. The Kier molecular flexibility index (Phi) is 5.01. The molecule has 0 spiro atoms. The third kappa shape index (κ3) is 4.39. The maximum Gasteiger partial charge on any atom is 0.514 e. The van der Waals surface area contributed by atoms with E-state index in [2.05, 4.69) is 22.3 Å². The van der Waals surface area contributed by atoms with E-state index in [0.29, 0.717) is 0 Å². The molecule has 0 bridgehead atoms. The van der Waals surface area contributed by atoms with Crippen molar-refractivity contribution in [3.05, 3.63) is 23.8 Å². The fraction of sp³-hybridized carbons (Fsp3) is 0.100. The van der Waals surface area contributed by atoms with E-state index >= 15 is 0 Å². The van der Waals surface area contributed by atoms with Crippen molar-refractivity contribution in [3.8, 4) is 5.75 Å². The van der Waals surface area contributed by atoms with E-state index in [-0.39, 0.29) is 17.0 Å². The van der Waals surface area contributed by atoms with E-state index in [1.807, 2.05) is 4.72 Å². The summed E-state index contributed by atoms with van der Waals surface area (Å²) in [6.45, 7) is -0.598. The van der Waals surface area contributed by atoms with Crippen LogP contribution in [0.25, 0.3) is 0 Å². The van der Waals surface area contributed by atoms with Crippen molar-refractivity contribution in [2.75, 3.05) is 12.3 Å². The Bertz CT molecular complexity index is 519. The number of nitrogen functional groups attached to an aromatic ring is 1. The van der Waals surface area contributed by atoms with Gasteiger partial charge in [0.2, 0.25) is 0 Å². The molecule has 1 aromatic rings. The first-order chi connectivity index (χ1) is 8.93. The highest BCUT2D eigenvalue weighted by Gasteiger charge is 2.16. The molecule has 0 saturated carbocycles. The fourth-order valence-electron chi connectivity index (χ4n) is 1.08. The molecule has 1 aromatic carbocycles. The molecule has 1 amide bonds. The molecule has 0 saturated heterocycles. The topological polar surface area (TPSA) is 128 Å². The summed E-state index contributed by atoms with van der Waals surface area (Å²) in [6.07, 6.45) is -1.22. The van der Waals surface area contributed by atoms with Crippen LogP contribution in [0.4, 0.5) is 10.5 Å². The Hall–Kier alpha value is -2.42. The second kappa shape index (κ2) is 6.50. The van der Waals surface area contributed by atoms with Crippen LogP contribution in [0.5, 0.6) is 5.75 Å². The molecule has 102 valence electrons. The van der Waals surface area contributed by atoms with Gasteiger partial charge in [0.05, 0.1) is 0 Å². The van der Waals surface area contributed by atoms with Gasteiger partial charge >= 0.3 is 12.1 Å². The first-order valence-corrected chi connectivity index (χ1v) is 5.29. The maximum atomic E-state index is 11.2. The van der Waals surface area contributed by atoms with Gasteiger partial charge in [0, 0.05) is 5.69 Å². The predicted molar refractivity (Wildman–Crippen MR) is 66.9 cm³/mol. The van der Waals surface area contributed by atoms with Gasteiger partial charge in [-0.1, -0.05) is 12.8 Å². The second-order valence-corrected chi connectivity index (χ2v) is 3.46. The van der Waals surface area contributed by atoms with Gasteiger partial charge < -0.3 is 20.3 Å². The van der Waals surface area contributed by atoms with E-state index in [9.17, 15) is 14.4 Å². The van der Waals surface area contributed by atoms with E-state index in [1.54, 1.807) is 0 Å². The van der Waals surface area contributed by atoms with Crippen LogP contribution >= 0.6 is 12.8 Å². The molecule has 19 heavy (non-hydrogen) atoms. The van der Waals surface area contributed by atoms with Crippen molar-refractivity contribution in [3.63, 3.8) is 0 Å². The number of thiol groups is 1. The molecule has 1 rings (SSSR count). The highest BCUT2D eigenvalue weighted by molar-refractivity contribution is 7.78. The minimum Gasteiger partial charge on any atom is -0.478 e. The number of carbonyl (C=O) groups excluding carboxylic acids is 2. The lowest BCUT2D eigenvalue weighted by molar-refractivity contribution is -0.122. The number of nitrogens with one attached hydrogen (secondary N) is 1. The van der Waals surface area contributed by atoms with Crippen LogP contribution in [0.3, 0.4) is 0 Å². The molecule has 0 aliphatic heterocycles. The van der Waals surface area contributed by atoms with Crippen LogP contribution in [0, 0.1) is 0 Å². The van der Waals surface area contributed by atoms with Crippen LogP contribution < -0.4 is 15.2 Å². The van der Waals surface area contributed by atoms with Crippen molar-refractivity contribution in [2.45, 2.75) is 0 Å². The molecular weight excluding hydrogens is 276 g/mol. The zero-order chi connectivity index (χ0) is 14.4. The Morgan fingerprint density at radius 2 is 2.05 bits per heavy atom. The lowest BCUT2D eigenvalue weighted by atomic mass is 10.2. The molecule has 9 heteroatoms. The van der Waals surface area contributed by atoms with Gasteiger partial charge in [-0.3, -0.25) is 9.52 Å². The number of carboxylic acid groups (broad SMARTS) is 1. The molecule has 8 nitrogen and oxygen atoms in total. The first-order valence-electron chi connectivity index (χ1n) is 4.84. The van der Waals surface area contributed by atoms with E-state index in [0.717, 1.165) is 6.07 Å². The number of ether oxygens (including phenoxy) is 2. The summed E-state index contributed by atoms with van der Waals surface area (Å²) in [7, 11) is 0. The quantitative estimate of drug-likeness (QED) is 0.274. The summed E-state index contributed by atoms with van der Waals surface area (Å²) >= 11 is 3.45. The number of anilines is 1. The smallest absolute Gasteiger partial charge is 0.478 e. The number of hydrogen-bond acceptors (Lipinski definition) is 7. The molecule has 0 heterocycles. The van der Waals surface area contributed by atoms with E-state index in [4.69, 9.17) is 10.8 Å². The Morgan fingerprint density at radius 1 is 1.37 bits per heavy atom. The van der Waals surface area contributed by atoms with Gasteiger partial charge in [-0.05, 0) is 18.2 Å². The molecule has 0 fully saturated rings. The average molecular weight is 286 g/mol. The summed E-state index contributed by atoms with van der Waals surface area (Å²) in [5.41, 5.74) is 5.32. The number of amides is 1. The van der Waals surface area contributed by atoms with Crippen molar-refractivity contribution < 1.29 is 29.0 Å². The lowest BCUT2D eigenvalue weighted by Gasteiger charge is -2.08. The van der Waals surface area contributed by atoms with Crippen LogP contribution in [0.2, 0.25) is 0 Å². The van der Waals surface area contributed by atoms with Crippen molar-refractivity contribution in [2.24, 2.45) is 0 Å². The normalized spacial score (nSPS) is 9.53. The molecular formula is C10H10N2O6S. The van der Waals surface area contributed by atoms with Gasteiger partial charge in [0.25, 0.3) is 5.91 Å². The first kappa shape index (κ1) is 14.6. The van der Waals surface area contributed by atoms with Crippen molar-refractivity contribution in [1.82, 2.24) is 4.72 Å². The third-order valence-electron chi connectivity index (χ3n) is 1.87. The van der Waals surface area contributed by atoms with E-state index in [1.165, 1.54) is 12.1 Å². The fourth-order valence-corrected chi connectivity index (χ4v) is 1.14. The number of rotatable bonds is 4. The standard InChI is InChI=1S/C10H10N2O6S/c11-5-1-2-7(6(3-5)9(14)15)18-10(16)17-4-8(13)12-19/h1-3,19H,4,11H2,(H,12,13)(H,14,15). The summed E-state index contributed by atoms with van der Waals surface area (Å²) in [4.78, 5) is 32.9. The minimum absolute atomic E-state index is 0.201. The summed E-state index contributed by atoms with van der Waals surface area (Å²) in [5, 5.41) is 8.90. The number of nitrogens with two attached hydrogens (primary N) is 1. The minimum atomic E-state index is -1.32. The molecule has 0 atom stereocenters. The Balaban J connectivity index is 2.74. The van der Waals surface area contributed by atoms with Crippen LogP contribution in [0.15, 0.2) is 18.2 Å². The van der Waals surface area contributed by atoms with E-state index < -0.39 is 24.6 Å². The van der Waals surface area contributed by atoms with Gasteiger partial charge in [-0.25, -0.2) is 9.59 Å². The predicted octanol–water partition coefficient (Wildman–Crippen LogP) is 0.443. The largest absolute Gasteiger partial charge is 0.514 e. The number of carbonyl (C=O) groups is 3. The highest BCUT2D eigenvalue weighted by Crippen LogP contribution is 2.21. The number of aromatic carboxylic acids is 1.